The number of amides is 1. The third-order valence-corrected chi connectivity index (χ3v) is 2.68. The lowest BCUT2D eigenvalue weighted by Crippen LogP contribution is -2.28. The largest absolute Gasteiger partial charge is 0.396 e. The number of hydrogen-bond acceptors (Lipinski definition) is 3. The Labute approximate surface area is 105 Å². The van der Waals surface area contributed by atoms with E-state index >= 15 is 0 Å². The van der Waals surface area contributed by atoms with Crippen LogP contribution in [0.5, 0.6) is 0 Å². The van der Waals surface area contributed by atoms with Crippen LogP contribution in [0.1, 0.15) is 40.0 Å². The van der Waals surface area contributed by atoms with Gasteiger partial charge in [0, 0.05) is 31.6 Å². The van der Waals surface area contributed by atoms with Crippen molar-refractivity contribution in [2.45, 2.75) is 40.0 Å². The van der Waals surface area contributed by atoms with E-state index in [4.69, 9.17) is 9.84 Å². The van der Waals surface area contributed by atoms with Crippen LogP contribution in [0, 0.1) is 11.8 Å². The molecule has 0 aliphatic carbocycles. The fourth-order valence-electron chi connectivity index (χ4n) is 1.49. The molecule has 0 rings (SSSR count). The molecule has 0 spiro atoms. The third kappa shape index (κ3) is 9.12. The molecule has 0 bridgehead atoms. The lowest BCUT2D eigenvalue weighted by molar-refractivity contribution is -0.123. The number of carbonyl (C=O) groups is 1. The summed E-state index contributed by atoms with van der Waals surface area (Å²) in [6.45, 7) is 7.96. The molecule has 0 fully saturated rings. The molecule has 0 saturated heterocycles. The molecule has 1 amide bonds. The van der Waals surface area contributed by atoms with Gasteiger partial charge < -0.3 is 15.2 Å². The van der Waals surface area contributed by atoms with Crippen molar-refractivity contribution in [3.63, 3.8) is 0 Å². The van der Waals surface area contributed by atoms with Gasteiger partial charge in [0.2, 0.25) is 5.91 Å². The van der Waals surface area contributed by atoms with E-state index in [1.807, 2.05) is 20.8 Å². The highest BCUT2D eigenvalue weighted by Crippen LogP contribution is 2.08. The van der Waals surface area contributed by atoms with Gasteiger partial charge >= 0.3 is 0 Å². The molecular formula is C13H27NO3. The first-order valence-electron chi connectivity index (χ1n) is 6.58. The van der Waals surface area contributed by atoms with Crippen molar-refractivity contribution >= 4 is 5.91 Å². The van der Waals surface area contributed by atoms with Crippen molar-refractivity contribution in [3.05, 3.63) is 0 Å². The van der Waals surface area contributed by atoms with Crippen molar-refractivity contribution < 1.29 is 14.6 Å². The highest BCUT2D eigenvalue weighted by molar-refractivity contribution is 5.77. The van der Waals surface area contributed by atoms with E-state index in [0.717, 1.165) is 25.8 Å². The molecule has 1 atom stereocenters. The predicted octanol–water partition coefficient (Wildman–Crippen LogP) is 1.57. The Kier molecular flexibility index (Phi) is 10.2. The monoisotopic (exact) mass is 245 g/mol. The number of rotatable bonds is 10. The molecule has 0 aliphatic rings. The summed E-state index contributed by atoms with van der Waals surface area (Å²) in [5, 5.41) is 12.0. The van der Waals surface area contributed by atoms with Crippen LogP contribution in [0.4, 0.5) is 0 Å². The van der Waals surface area contributed by atoms with Gasteiger partial charge in [-0.3, -0.25) is 4.79 Å². The van der Waals surface area contributed by atoms with Crippen molar-refractivity contribution in [1.29, 1.82) is 0 Å². The highest BCUT2D eigenvalue weighted by atomic mass is 16.5. The molecule has 4 nitrogen and oxygen atoms in total. The summed E-state index contributed by atoms with van der Waals surface area (Å²) in [4.78, 5) is 11.3. The zero-order chi connectivity index (χ0) is 13.1. The van der Waals surface area contributed by atoms with Crippen LogP contribution < -0.4 is 5.32 Å². The lowest BCUT2D eigenvalue weighted by atomic mass is 10.0. The number of carbonyl (C=O) groups excluding carboxylic acids is 1. The molecule has 2 N–H and O–H groups in total. The van der Waals surface area contributed by atoms with Gasteiger partial charge in [-0.25, -0.2) is 0 Å². The Morgan fingerprint density at radius 2 is 2.06 bits per heavy atom. The maximum absolute atomic E-state index is 11.3. The Balaban J connectivity index is 3.45. The molecule has 0 radical (unpaired) electrons. The summed E-state index contributed by atoms with van der Waals surface area (Å²) in [5.74, 6) is 0.395. The molecule has 0 heterocycles. The van der Waals surface area contributed by atoms with Crippen molar-refractivity contribution in [3.8, 4) is 0 Å². The molecule has 1 unspecified atom stereocenters. The first-order chi connectivity index (χ1) is 8.11. The molecule has 0 saturated carbocycles. The van der Waals surface area contributed by atoms with Crippen molar-refractivity contribution in [2.75, 3.05) is 26.4 Å². The molecule has 102 valence electrons. The van der Waals surface area contributed by atoms with Crippen LogP contribution in [0.25, 0.3) is 0 Å². The van der Waals surface area contributed by atoms with Crippen LogP contribution in [-0.4, -0.2) is 37.4 Å². The van der Waals surface area contributed by atoms with Gasteiger partial charge in [0.25, 0.3) is 0 Å². The Morgan fingerprint density at radius 3 is 2.59 bits per heavy atom. The first-order valence-corrected chi connectivity index (χ1v) is 6.58. The number of aliphatic hydroxyl groups is 1. The molecule has 4 heteroatoms. The average Bonchev–Trinajstić information content (AvgIpc) is 2.32. The smallest absolute Gasteiger partial charge is 0.222 e. The maximum Gasteiger partial charge on any atom is 0.222 e. The Morgan fingerprint density at radius 1 is 1.35 bits per heavy atom. The van der Waals surface area contributed by atoms with Crippen LogP contribution >= 0.6 is 0 Å². The molecule has 0 aromatic rings. The summed E-state index contributed by atoms with van der Waals surface area (Å²) in [5.41, 5.74) is 0. The normalized spacial score (nSPS) is 12.8. The minimum absolute atomic E-state index is 0.0538. The topological polar surface area (TPSA) is 58.6 Å². The van der Waals surface area contributed by atoms with Crippen molar-refractivity contribution in [1.82, 2.24) is 5.32 Å². The number of unbranched alkanes of at least 4 members (excludes halogenated alkanes) is 1. The summed E-state index contributed by atoms with van der Waals surface area (Å²) in [7, 11) is 0. The maximum atomic E-state index is 11.3. The number of nitrogens with one attached hydrogen (secondary N) is 1. The summed E-state index contributed by atoms with van der Waals surface area (Å²) in [6.07, 6.45) is 2.92. The zero-order valence-corrected chi connectivity index (χ0v) is 11.4. The van der Waals surface area contributed by atoms with Gasteiger partial charge in [-0.2, -0.15) is 0 Å². The molecular weight excluding hydrogens is 218 g/mol. The van der Waals surface area contributed by atoms with E-state index in [1.54, 1.807) is 0 Å². The van der Waals surface area contributed by atoms with Gasteiger partial charge in [0.15, 0.2) is 0 Å². The average molecular weight is 245 g/mol. The van der Waals surface area contributed by atoms with E-state index in [-0.39, 0.29) is 24.3 Å². The first kappa shape index (κ1) is 16.4. The van der Waals surface area contributed by atoms with E-state index in [1.165, 1.54) is 0 Å². The second-order valence-electron chi connectivity index (χ2n) is 4.65. The molecule has 0 aromatic heterocycles. The van der Waals surface area contributed by atoms with E-state index in [0.29, 0.717) is 13.2 Å². The predicted molar refractivity (Wildman–Crippen MR) is 68.8 cm³/mol. The molecule has 17 heavy (non-hydrogen) atoms. The minimum atomic E-state index is 0.0538. The molecule has 0 aliphatic heterocycles. The second kappa shape index (κ2) is 10.5. The highest BCUT2D eigenvalue weighted by Gasteiger charge is 2.08. The Hall–Kier alpha value is -0.610. The van der Waals surface area contributed by atoms with Crippen LogP contribution in [-0.2, 0) is 9.53 Å². The van der Waals surface area contributed by atoms with Gasteiger partial charge in [-0.05, 0) is 19.8 Å². The number of hydrogen-bond donors (Lipinski definition) is 2. The second-order valence-corrected chi connectivity index (χ2v) is 4.65. The third-order valence-electron chi connectivity index (χ3n) is 2.68. The standard InChI is InChI=1S/C13H27NO3/c1-4-17-10-12(9-15)7-5-6-8-14-13(16)11(2)3/h11-12,15H,4-10H2,1-3H3,(H,14,16). The minimum Gasteiger partial charge on any atom is -0.396 e. The van der Waals surface area contributed by atoms with Gasteiger partial charge in [-0.1, -0.05) is 20.3 Å². The van der Waals surface area contributed by atoms with Crippen LogP contribution in [0.2, 0.25) is 0 Å². The van der Waals surface area contributed by atoms with Gasteiger partial charge in [0.1, 0.15) is 0 Å². The van der Waals surface area contributed by atoms with E-state index in [2.05, 4.69) is 5.32 Å². The number of aliphatic hydroxyl groups excluding tert-OH is 1. The van der Waals surface area contributed by atoms with Gasteiger partial charge in [0.05, 0.1) is 6.61 Å². The molecule has 0 aromatic carbocycles. The quantitative estimate of drug-likeness (QED) is 0.574. The van der Waals surface area contributed by atoms with Crippen LogP contribution in [0.3, 0.4) is 0 Å². The number of ether oxygens (including phenoxy) is 1. The van der Waals surface area contributed by atoms with E-state index < -0.39 is 0 Å². The lowest BCUT2D eigenvalue weighted by Gasteiger charge is -2.13. The summed E-state index contributed by atoms with van der Waals surface area (Å²) < 4.78 is 5.28. The fraction of sp³-hybridized carbons (Fsp3) is 0.923. The SMILES string of the molecule is CCOCC(CO)CCCCNC(=O)C(C)C. The fourth-order valence-corrected chi connectivity index (χ4v) is 1.49. The zero-order valence-electron chi connectivity index (χ0n) is 11.4. The van der Waals surface area contributed by atoms with E-state index in [9.17, 15) is 4.79 Å². The summed E-state index contributed by atoms with van der Waals surface area (Å²) in [6, 6.07) is 0. The Bertz CT molecular complexity index is 195. The summed E-state index contributed by atoms with van der Waals surface area (Å²) >= 11 is 0. The van der Waals surface area contributed by atoms with Crippen LogP contribution in [0.15, 0.2) is 0 Å². The van der Waals surface area contributed by atoms with Gasteiger partial charge in [-0.15, -0.1) is 0 Å². The van der Waals surface area contributed by atoms with Crippen molar-refractivity contribution in [2.24, 2.45) is 11.8 Å².